The smallest absolute Gasteiger partial charge is 0.332 e. The van der Waals surface area contributed by atoms with Crippen LogP contribution in [0.3, 0.4) is 0 Å². The topological polar surface area (TPSA) is 171 Å². The average molecular weight is 289 g/mol. The molecular formula is C10H15N3O7. The first kappa shape index (κ1) is 14.7. The fraction of sp³-hybridized carbons (Fsp3) is 0.600. The van der Waals surface area contributed by atoms with Crippen molar-refractivity contribution in [2.24, 2.45) is 0 Å². The summed E-state index contributed by atoms with van der Waals surface area (Å²) >= 11 is 0. The van der Waals surface area contributed by atoms with Crippen molar-refractivity contribution < 1.29 is 25.2 Å². The molecule has 20 heavy (non-hydrogen) atoms. The van der Waals surface area contributed by atoms with Gasteiger partial charge in [0, 0.05) is 0 Å². The molecule has 0 saturated carbocycles. The number of aromatic nitrogens is 2. The van der Waals surface area contributed by atoms with Crippen LogP contribution in [0.1, 0.15) is 11.8 Å². The molecule has 2 rings (SSSR count). The van der Waals surface area contributed by atoms with E-state index in [0.29, 0.717) is 0 Å². The van der Waals surface area contributed by atoms with Crippen molar-refractivity contribution in [2.45, 2.75) is 31.1 Å². The van der Waals surface area contributed by atoms with Crippen molar-refractivity contribution in [3.63, 3.8) is 0 Å². The molecule has 0 unspecified atom stereocenters. The van der Waals surface area contributed by atoms with Crippen LogP contribution in [0.4, 0.5) is 5.82 Å². The molecule has 1 aliphatic rings. The van der Waals surface area contributed by atoms with Crippen LogP contribution in [0.5, 0.6) is 0 Å². The third-order valence-corrected chi connectivity index (χ3v) is 3.21. The SMILES string of the molecule is Nc1c(CO)c(=O)[nH]c(=O)n1[C@@H]1O[C@H](CO)[C@@H](O)[C@H]1O. The molecule has 7 N–H and O–H groups in total. The van der Waals surface area contributed by atoms with Gasteiger partial charge in [0.15, 0.2) is 6.23 Å². The Kier molecular flexibility index (Phi) is 3.92. The molecule has 1 aromatic heterocycles. The lowest BCUT2D eigenvalue weighted by molar-refractivity contribution is -0.0540. The highest BCUT2D eigenvalue weighted by molar-refractivity contribution is 5.38. The Morgan fingerprint density at radius 2 is 1.90 bits per heavy atom. The van der Waals surface area contributed by atoms with E-state index in [1.165, 1.54) is 0 Å². The summed E-state index contributed by atoms with van der Waals surface area (Å²) in [4.78, 5) is 25.1. The minimum absolute atomic E-state index is 0.262. The zero-order valence-corrected chi connectivity index (χ0v) is 10.3. The molecule has 0 aliphatic carbocycles. The Hall–Kier alpha value is -1.72. The number of ether oxygens (including phenoxy) is 1. The Morgan fingerprint density at radius 1 is 1.25 bits per heavy atom. The normalized spacial score (nSPS) is 29.8. The maximum absolute atomic E-state index is 11.8. The molecular weight excluding hydrogens is 274 g/mol. The highest BCUT2D eigenvalue weighted by atomic mass is 16.6. The van der Waals surface area contributed by atoms with Gasteiger partial charge in [0.25, 0.3) is 5.56 Å². The standard InChI is InChI=1S/C10H15N3O7/c11-7-3(1-14)8(18)12-10(19)13(7)9-6(17)5(16)4(2-15)20-9/h4-6,9,14-17H,1-2,11H2,(H,12,18,19)/t4-,5-,6-,9-/m1/s1. The molecule has 4 atom stereocenters. The fourth-order valence-corrected chi connectivity index (χ4v) is 2.10. The summed E-state index contributed by atoms with van der Waals surface area (Å²) in [7, 11) is 0. The summed E-state index contributed by atoms with van der Waals surface area (Å²) in [5, 5.41) is 37.5. The number of hydrogen-bond donors (Lipinski definition) is 6. The molecule has 0 bridgehead atoms. The zero-order chi connectivity index (χ0) is 15.0. The van der Waals surface area contributed by atoms with Gasteiger partial charge in [0.05, 0.1) is 18.8 Å². The van der Waals surface area contributed by atoms with Crippen molar-refractivity contribution in [3.8, 4) is 0 Å². The largest absolute Gasteiger partial charge is 0.394 e. The van der Waals surface area contributed by atoms with E-state index in [-0.39, 0.29) is 11.4 Å². The molecule has 0 amide bonds. The van der Waals surface area contributed by atoms with Gasteiger partial charge in [-0.2, -0.15) is 0 Å². The summed E-state index contributed by atoms with van der Waals surface area (Å²) < 4.78 is 5.87. The second-order valence-electron chi connectivity index (χ2n) is 4.38. The number of hydrogen-bond acceptors (Lipinski definition) is 8. The van der Waals surface area contributed by atoms with Crippen LogP contribution in [-0.2, 0) is 11.3 Å². The summed E-state index contributed by atoms with van der Waals surface area (Å²) in [6.07, 6.45) is -5.41. The first-order chi connectivity index (χ1) is 9.42. The van der Waals surface area contributed by atoms with E-state index in [0.717, 1.165) is 4.57 Å². The number of nitrogen functional groups attached to an aromatic ring is 1. The number of nitrogens with zero attached hydrogens (tertiary/aromatic N) is 1. The second kappa shape index (κ2) is 5.34. The third-order valence-electron chi connectivity index (χ3n) is 3.21. The molecule has 10 nitrogen and oxygen atoms in total. The summed E-state index contributed by atoms with van der Waals surface area (Å²) in [5.41, 5.74) is 3.55. The van der Waals surface area contributed by atoms with E-state index in [9.17, 15) is 19.8 Å². The molecule has 1 aliphatic heterocycles. The molecule has 112 valence electrons. The van der Waals surface area contributed by atoms with Crippen LogP contribution in [0.2, 0.25) is 0 Å². The summed E-state index contributed by atoms with van der Waals surface area (Å²) in [6.45, 7) is -1.28. The number of anilines is 1. The van der Waals surface area contributed by atoms with Crippen molar-refractivity contribution >= 4 is 5.82 Å². The van der Waals surface area contributed by atoms with E-state index in [2.05, 4.69) is 0 Å². The molecule has 0 spiro atoms. The highest BCUT2D eigenvalue weighted by Gasteiger charge is 2.44. The van der Waals surface area contributed by atoms with Crippen LogP contribution in [-0.4, -0.2) is 54.9 Å². The first-order valence-electron chi connectivity index (χ1n) is 5.78. The Bertz CT molecular complexity index is 610. The minimum atomic E-state index is -1.52. The van der Waals surface area contributed by atoms with E-state index in [1.54, 1.807) is 0 Å². The molecule has 0 radical (unpaired) electrons. The van der Waals surface area contributed by atoms with Crippen molar-refractivity contribution in [3.05, 3.63) is 26.4 Å². The monoisotopic (exact) mass is 289 g/mol. The van der Waals surface area contributed by atoms with Crippen LogP contribution < -0.4 is 17.0 Å². The lowest BCUT2D eigenvalue weighted by Gasteiger charge is -2.20. The van der Waals surface area contributed by atoms with Crippen LogP contribution in [0, 0.1) is 0 Å². The van der Waals surface area contributed by atoms with Gasteiger partial charge in [-0.25, -0.2) is 9.36 Å². The van der Waals surface area contributed by atoms with E-state index in [4.69, 9.17) is 20.7 Å². The third kappa shape index (κ3) is 2.13. The number of aliphatic hydroxyl groups excluding tert-OH is 4. The van der Waals surface area contributed by atoms with Crippen molar-refractivity contribution in [1.82, 2.24) is 9.55 Å². The maximum atomic E-state index is 11.8. The number of H-pyrrole nitrogens is 1. The maximum Gasteiger partial charge on any atom is 0.332 e. The molecule has 1 fully saturated rings. The number of aromatic amines is 1. The molecule has 0 aromatic carbocycles. The lowest BCUT2D eigenvalue weighted by Crippen LogP contribution is -2.40. The molecule has 1 saturated heterocycles. The Labute approximate surface area is 111 Å². The summed E-state index contributed by atoms with van der Waals surface area (Å²) in [6, 6.07) is 0. The Balaban J connectivity index is 2.54. The van der Waals surface area contributed by atoms with E-state index >= 15 is 0 Å². The number of nitrogens with one attached hydrogen (secondary N) is 1. The van der Waals surface area contributed by atoms with Gasteiger partial charge in [-0.3, -0.25) is 9.78 Å². The van der Waals surface area contributed by atoms with Crippen molar-refractivity contribution in [1.29, 1.82) is 0 Å². The van der Waals surface area contributed by atoms with Gasteiger partial charge in [-0.15, -0.1) is 0 Å². The lowest BCUT2D eigenvalue weighted by atomic mass is 10.1. The summed E-state index contributed by atoms with van der Waals surface area (Å²) in [5.74, 6) is -0.379. The van der Waals surface area contributed by atoms with Gasteiger partial charge in [-0.1, -0.05) is 0 Å². The predicted octanol–water partition coefficient (Wildman–Crippen LogP) is -3.78. The Morgan fingerprint density at radius 3 is 2.40 bits per heavy atom. The molecule has 1 aromatic rings. The molecule has 2 heterocycles. The molecule has 10 heteroatoms. The van der Waals surface area contributed by atoms with E-state index < -0.39 is 49.0 Å². The van der Waals surface area contributed by atoms with Crippen molar-refractivity contribution in [2.75, 3.05) is 12.3 Å². The minimum Gasteiger partial charge on any atom is -0.394 e. The van der Waals surface area contributed by atoms with Crippen LogP contribution in [0.15, 0.2) is 9.59 Å². The van der Waals surface area contributed by atoms with Gasteiger partial charge < -0.3 is 30.9 Å². The van der Waals surface area contributed by atoms with Gasteiger partial charge >= 0.3 is 5.69 Å². The van der Waals surface area contributed by atoms with Crippen LogP contribution in [0.25, 0.3) is 0 Å². The predicted molar refractivity (Wildman–Crippen MR) is 64.7 cm³/mol. The van der Waals surface area contributed by atoms with Crippen LogP contribution >= 0.6 is 0 Å². The van der Waals surface area contributed by atoms with Gasteiger partial charge in [-0.05, 0) is 0 Å². The first-order valence-corrected chi connectivity index (χ1v) is 5.78. The van der Waals surface area contributed by atoms with Gasteiger partial charge in [0.2, 0.25) is 0 Å². The number of rotatable bonds is 3. The van der Waals surface area contributed by atoms with Gasteiger partial charge in [0.1, 0.15) is 24.1 Å². The highest BCUT2D eigenvalue weighted by Crippen LogP contribution is 2.29. The quantitative estimate of drug-likeness (QED) is 0.329. The fourth-order valence-electron chi connectivity index (χ4n) is 2.10. The second-order valence-corrected chi connectivity index (χ2v) is 4.38. The number of nitrogens with two attached hydrogens (primary N) is 1. The van der Waals surface area contributed by atoms with E-state index in [1.807, 2.05) is 4.98 Å². The number of aliphatic hydroxyl groups is 4. The average Bonchev–Trinajstić information content (AvgIpc) is 2.67. The zero-order valence-electron chi connectivity index (χ0n) is 10.3.